The zero-order valence-electron chi connectivity index (χ0n) is 10.1. The van der Waals surface area contributed by atoms with Gasteiger partial charge < -0.3 is 10.2 Å². The molecule has 1 N–H and O–H groups in total. The van der Waals surface area contributed by atoms with E-state index < -0.39 is 0 Å². The summed E-state index contributed by atoms with van der Waals surface area (Å²) < 4.78 is 0. The van der Waals surface area contributed by atoms with Crippen molar-refractivity contribution in [3.05, 3.63) is 29.3 Å². The van der Waals surface area contributed by atoms with Crippen LogP contribution in [0.2, 0.25) is 0 Å². The number of rotatable bonds is 1. The molecule has 3 nitrogen and oxygen atoms in total. The van der Waals surface area contributed by atoms with Crippen molar-refractivity contribution in [1.82, 2.24) is 4.90 Å². The lowest BCUT2D eigenvalue weighted by atomic mass is 10.1. The molecule has 1 fully saturated rings. The van der Waals surface area contributed by atoms with Gasteiger partial charge in [0.15, 0.2) is 0 Å². The summed E-state index contributed by atoms with van der Waals surface area (Å²) in [6.45, 7) is 2.77. The molecule has 0 aromatic heterocycles. The predicted octanol–water partition coefficient (Wildman–Crippen LogP) is 2.27. The van der Waals surface area contributed by atoms with Gasteiger partial charge in [-0.15, -0.1) is 12.4 Å². The Hall–Kier alpha value is -0.870. The highest BCUT2D eigenvalue weighted by molar-refractivity contribution is 7.99. The zero-order valence-corrected chi connectivity index (χ0v) is 11.8. The summed E-state index contributed by atoms with van der Waals surface area (Å²) in [4.78, 5) is 14.3. The molecular formula is C13H17ClN2OS. The summed E-state index contributed by atoms with van der Waals surface area (Å²) in [5.74, 6) is 2.33. The molecule has 2 aliphatic rings. The second kappa shape index (κ2) is 5.85. The molecule has 2 heterocycles. The molecule has 0 spiro atoms. The fourth-order valence-electron chi connectivity index (χ4n) is 2.39. The van der Waals surface area contributed by atoms with E-state index in [4.69, 9.17) is 0 Å². The predicted molar refractivity (Wildman–Crippen MR) is 79.1 cm³/mol. The van der Waals surface area contributed by atoms with Crippen molar-refractivity contribution in [2.24, 2.45) is 0 Å². The standard InChI is InChI=1S/C13H16N2OS.ClH/c16-13(15-5-7-17-8-6-15)11-1-2-12-10(9-11)3-4-14-12;/h1-2,9,14H,3-8H2;1H. The fraction of sp³-hybridized carbons (Fsp3) is 0.462. The molecule has 0 unspecified atom stereocenters. The average molecular weight is 285 g/mol. The van der Waals surface area contributed by atoms with E-state index in [1.807, 2.05) is 28.8 Å². The van der Waals surface area contributed by atoms with Crippen LogP contribution in [0.15, 0.2) is 18.2 Å². The topological polar surface area (TPSA) is 32.3 Å². The number of anilines is 1. The van der Waals surface area contributed by atoms with Gasteiger partial charge in [-0.1, -0.05) is 0 Å². The van der Waals surface area contributed by atoms with Crippen LogP contribution in [0.25, 0.3) is 0 Å². The van der Waals surface area contributed by atoms with Gasteiger partial charge in [-0.25, -0.2) is 0 Å². The molecule has 98 valence electrons. The summed E-state index contributed by atoms with van der Waals surface area (Å²) in [5, 5.41) is 3.32. The van der Waals surface area contributed by atoms with E-state index in [0.717, 1.165) is 43.1 Å². The van der Waals surface area contributed by atoms with Crippen LogP contribution in [0, 0.1) is 0 Å². The molecule has 0 aliphatic carbocycles. The first kappa shape index (κ1) is 13.6. The Balaban J connectivity index is 0.00000120. The van der Waals surface area contributed by atoms with Gasteiger partial charge in [0.1, 0.15) is 0 Å². The summed E-state index contributed by atoms with van der Waals surface area (Å²) in [7, 11) is 0. The number of thioether (sulfide) groups is 1. The number of nitrogens with zero attached hydrogens (tertiary/aromatic N) is 1. The molecule has 0 bridgehead atoms. The Bertz CT molecular complexity index is 447. The normalized spacial score (nSPS) is 17.7. The summed E-state index contributed by atoms with van der Waals surface area (Å²) >= 11 is 1.93. The Morgan fingerprint density at radius 1 is 1.28 bits per heavy atom. The van der Waals surface area contributed by atoms with Crippen LogP contribution < -0.4 is 5.32 Å². The van der Waals surface area contributed by atoms with Gasteiger partial charge in [0.25, 0.3) is 5.91 Å². The third kappa shape index (κ3) is 2.59. The molecular weight excluding hydrogens is 268 g/mol. The molecule has 5 heteroatoms. The van der Waals surface area contributed by atoms with E-state index >= 15 is 0 Å². The van der Waals surface area contributed by atoms with Gasteiger partial charge in [0.2, 0.25) is 0 Å². The molecule has 1 amide bonds. The SMILES string of the molecule is Cl.O=C(c1ccc2c(c1)CCN2)N1CCSCC1. The van der Waals surface area contributed by atoms with Crippen molar-refractivity contribution < 1.29 is 4.79 Å². The molecule has 0 radical (unpaired) electrons. The van der Waals surface area contributed by atoms with Crippen LogP contribution >= 0.6 is 24.2 Å². The maximum Gasteiger partial charge on any atom is 0.253 e. The van der Waals surface area contributed by atoms with Crippen LogP contribution in [0.3, 0.4) is 0 Å². The van der Waals surface area contributed by atoms with Gasteiger partial charge >= 0.3 is 0 Å². The number of amides is 1. The van der Waals surface area contributed by atoms with E-state index in [-0.39, 0.29) is 18.3 Å². The Morgan fingerprint density at radius 2 is 2.06 bits per heavy atom. The Morgan fingerprint density at radius 3 is 2.83 bits per heavy atom. The number of carbonyl (C=O) groups excluding carboxylic acids is 1. The number of carbonyl (C=O) groups is 1. The lowest BCUT2D eigenvalue weighted by Crippen LogP contribution is -2.37. The minimum absolute atomic E-state index is 0. The lowest BCUT2D eigenvalue weighted by Gasteiger charge is -2.26. The van der Waals surface area contributed by atoms with Crippen LogP contribution in [0.1, 0.15) is 15.9 Å². The van der Waals surface area contributed by atoms with E-state index in [0.29, 0.717) is 0 Å². The Labute approximate surface area is 118 Å². The first-order chi connectivity index (χ1) is 8.34. The second-order valence-corrected chi connectivity index (χ2v) is 5.68. The molecule has 1 aromatic carbocycles. The van der Waals surface area contributed by atoms with E-state index in [2.05, 4.69) is 11.4 Å². The van der Waals surface area contributed by atoms with E-state index in [1.165, 1.54) is 11.3 Å². The fourth-order valence-corrected chi connectivity index (χ4v) is 3.29. The highest BCUT2D eigenvalue weighted by Gasteiger charge is 2.20. The van der Waals surface area contributed by atoms with Crippen LogP contribution in [-0.2, 0) is 6.42 Å². The average Bonchev–Trinajstić information content (AvgIpc) is 2.86. The van der Waals surface area contributed by atoms with Crippen molar-refractivity contribution in [3.63, 3.8) is 0 Å². The molecule has 2 aliphatic heterocycles. The van der Waals surface area contributed by atoms with E-state index in [9.17, 15) is 4.79 Å². The van der Waals surface area contributed by atoms with Crippen molar-refractivity contribution >= 4 is 35.8 Å². The maximum atomic E-state index is 12.3. The molecule has 3 rings (SSSR count). The summed E-state index contributed by atoms with van der Waals surface area (Å²) in [5.41, 5.74) is 3.32. The molecule has 1 saturated heterocycles. The number of nitrogens with one attached hydrogen (secondary N) is 1. The largest absolute Gasteiger partial charge is 0.384 e. The van der Waals surface area contributed by atoms with Crippen LogP contribution in [0.4, 0.5) is 5.69 Å². The molecule has 18 heavy (non-hydrogen) atoms. The Kier molecular flexibility index (Phi) is 4.40. The first-order valence-corrected chi connectivity index (χ1v) is 7.24. The minimum Gasteiger partial charge on any atom is -0.384 e. The molecule has 0 atom stereocenters. The molecule has 0 saturated carbocycles. The highest BCUT2D eigenvalue weighted by Crippen LogP contribution is 2.24. The van der Waals surface area contributed by atoms with Crippen molar-refractivity contribution in [2.45, 2.75) is 6.42 Å². The quantitative estimate of drug-likeness (QED) is 0.859. The van der Waals surface area contributed by atoms with Gasteiger partial charge in [-0.05, 0) is 30.2 Å². The third-order valence-corrected chi connectivity index (χ3v) is 4.30. The second-order valence-electron chi connectivity index (χ2n) is 4.45. The first-order valence-electron chi connectivity index (χ1n) is 6.08. The minimum atomic E-state index is 0. The number of benzene rings is 1. The van der Waals surface area contributed by atoms with Gasteiger partial charge in [0, 0.05) is 42.4 Å². The van der Waals surface area contributed by atoms with Crippen molar-refractivity contribution in [3.8, 4) is 0 Å². The van der Waals surface area contributed by atoms with Gasteiger partial charge in [-0.2, -0.15) is 11.8 Å². The smallest absolute Gasteiger partial charge is 0.253 e. The molecule has 1 aromatic rings. The van der Waals surface area contributed by atoms with Crippen molar-refractivity contribution in [2.75, 3.05) is 36.5 Å². The lowest BCUT2D eigenvalue weighted by molar-refractivity contribution is 0.0772. The van der Waals surface area contributed by atoms with Crippen LogP contribution in [-0.4, -0.2) is 41.9 Å². The van der Waals surface area contributed by atoms with Crippen LogP contribution in [0.5, 0.6) is 0 Å². The summed E-state index contributed by atoms with van der Waals surface area (Å²) in [6, 6.07) is 6.04. The van der Waals surface area contributed by atoms with Gasteiger partial charge in [-0.3, -0.25) is 4.79 Å². The van der Waals surface area contributed by atoms with Gasteiger partial charge in [0.05, 0.1) is 0 Å². The number of halogens is 1. The summed E-state index contributed by atoms with van der Waals surface area (Å²) in [6.07, 6.45) is 1.03. The van der Waals surface area contributed by atoms with E-state index in [1.54, 1.807) is 0 Å². The number of hydrogen-bond acceptors (Lipinski definition) is 3. The van der Waals surface area contributed by atoms with Crippen molar-refractivity contribution in [1.29, 1.82) is 0 Å². The third-order valence-electron chi connectivity index (χ3n) is 3.36. The highest BCUT2D eigenvalue weighted by atomic mass is 35.5. The number of hydrogen-bond donors (Lipinski definition) is 1. The maximum absolute atomic E-state index is 12.3. The number of fused-ring (bicyclic) bond motifs is 1. The monoisotopic (exact) mass is 284 g/mol. The zero-order chi connectivity index (χ0) is 11.7.